The summed E-state index contributed by atoms with van der Waals surface area (Å²) in [6.45, 7) is 0.816. The van der Waals surface area contributed by atoms with E-state index in [0.717, 1.165) is 5.75 Å². The van der Waals surface area contributed by atoms with Gasteiger partial charge in [0, 0.05) is 22.9 Å². The SMILES string of the molecule is O=C(CN1CCSC1=O)c1ccc(Cl)cc1. The second-order valence-electron chi connectivity index (χ2n) is 3.47. The lowest BCUT2D eigenvalue weighted by Crippen LogP contribution is -2.29. The fraction of sp³-hybridized carbons (Fsp3) is 0.273. The summed E-state index contributed by atoms with van der Waals surface area (Å²) in [4.78, 5) is 24.7. The zero-order valence-electron chi connectivity index (χ0n) is 8.48. The van der Waals surface area contributed by atoms with Crippen LogP contribution in [0.4, 0.5) is 4.79 Å². The predicted molar refractivity (Wildman–Crippen MR) is 65.2 cm³/mol. The minimum absolute atomic E-state index is 0.0117. The fourth-order valence-corrected chi connectivity index (χ4v) is 2.42. The van der Waals surface area contributed by atoms with E-state index in [1.165, 1.54) is 11.8 Å². The Hall–Kier alpha value is -1.00. The van der Waals surface area contributed by atoms with Gasteiger partial charge in [-0.2, -0.15) is 0 Å². The second kappa shape index (κ2) is 4.89. The van der Waals surface area contributed by atoms with Gasteiger partial charge in [0.05, 0.1) is 6.54 Å². The van der Waals surface area contributed by atoms with Gasteiger partial charge in [-0.25, -0.2) is 0 Å². The molecule has 16 heavy (non-hydrogen) atoms. The Morgan fingerprint density at radius 2 is 2.06 bits per heavy atom. The maximum atomic E-state index is 11.8. The third-order valence-electron chi connectivity index (χ3n) is 2.35. The van der Waals surface area contributed by atoms with Gasteiger partial charge in [0.15, 0.2) is 5.78 Å². The van der Waals surface area contributed by atoms with E-state index in [4.69, 9.17) is 11.6 Å². The normalized spacial score (nSPS) is 15.6. The molecular weight excluding hydrogens is 246 g/mol. The van der Waals surface area contributed by atoms with Gasteiger partial charge in [-0.15, -0.1) is 0 Å². The van der Waals surface area contributed by atoms with Crippen molar-refractivity contribution in [1.29, 1.82) is 0 Å². The largest absolute Gasteiger partial charge is 0.325 e. The number of carbonyl (C=O) groups is 2. The standard InChI is InChI=1S/C11H10ClNO2S/c12-9-3-1-8(2-4-9)10(14)7-13-5-6-16-11(13)15/h1-4H,5-7H2. The van der Waals surface area contributed by atoms with E-state index < -0.39 is 0 Å². The molecule has 1 aliphatic rings. The lowest BCUT2D eigenvalue weighted by molar-refractivity contribution is 0.0956. The molecule has 0 unspecified atom stereocenters. The maximum Gasteiger partial charge on any atom is 0.282 e. The molecule has 1 amide bonds. The van der Waals surface area contributed by atoms with Gasteiger partial charge in [-0.3, -0.25) is 9.59 Å². The molecule has 0 aliphatic carbocycles. The number of hydrogen-bond donors (Lipinski definition) is 0. The van der Waals surface area contributed by atoms with E-state index in [1.54, 1.807) is 29.2 Å². The molecule has 3 nitrogen and oxygen atoms in total. The van der Waals surface area contributed by atoms with Crippen molar-refractivity contribution in [3.8, 4) is 0 Å². The number of nitrogens with zero attached hydrogens (tertiary/aromatic N) is 1. The quantitative estimate of drug-likeness (QED) is 0.780. The number of carbonyl (C=O) groups excluding carboxylic acids is 2. The number of thioether (sulfide) groups is 1. The highest BCUT2D eigenvalue weighted by atomic mass is 35.5. The van der Waals surface area contributed by atoms with Gasteiger partial charge in [0.2, 0.25) is 0 Å². The number of benzene rings is 1. The third-order valence-corrected chi connectivity index (χ3v) is 3.49. The average molecular weight is 256 g/mol. The van der Waals surface area contributed by atoms with Crippen LogP contribution in [-0.4, -0.2) is 34.8 Å². The van der Waals surface area contributed by atoms with E-state index in [2.05, 4.69) is 0 Å². The summed E-state index contributed by atoms with van der Waals surface area (Å²) in [5.41, 5.74) is 0.592. The van der Waals surface area contributed by atoms with Crippen LogP contribution in [0.2, 0.25) is 5.02 Å². The molecule has 1 aliphatic heterocycles. The van der Waals surface area contributed by atoms with Crippen LogP contribution in [-0.2, 0) is 0 Å². The van der Waals surface area contributed by atoms with Crippen molar-refractivity contribution in [2.75, 3.05) is 18.8 Å². The predicted octanol–water partition coefficient (Wildman–Crippen LogP) is 2.69. The summed E-state index contributed by atoms with van der Waals surface area (Å²) in [5, 5.41) is 0.590. The van der Waals surface area contributed by atoms with Crippen molar-refractivity contribution in [1.82, 2.24) is 4.90 Å². The molecule has 1 heterocycles. The molecule has 1 fully saturated rings. The first-order valence-electron chi connectivity index (χ1n) is 4.87. The zero-order chi connectivity index (χ0) is 11.5. The lowest BCUT2D eigenvalue weighted by Gasteiger charge is -2.12. The number of ketones is 1. The molecule has 0 N–H and O–H groups in total. The molecule has 0 bridgehead atoms. The highest BCUT2D eigenvalue weighted by Gasteiger charge is 2.23. The molecule has 0 saturated carbocycles. The van der Waals surface area contributed by atoms with Crippen molar-refractivity contribution in [2.45, 2.75) is 0 Å². The van der Waals surface area contributed by atoms with Crippen LogP contribution in [0.1, 0.15) is 10.4 Å². The smallest absolute Gasteiger partial charge is 0.282 e. The van der Waals surface area contributed by atoms with Crippen LogP contribution < -0.4 is 0 Å². The van der Waals surface area contributed by atoms with Gasteiger partial charge in [-0.05, 0) is 24.3 Å². The Morgan fingerprint density at radius 1 is 1.38 bits per heavy atom. The van der Waals surface area contributed by atoms with E-state index in [1.807, 2.05) is 0 Å². The van der Waals surface area contributed by atoms with Crippen LogP contribution in [0.5, 0.6) is 0 Å². The van der Waals surface area contributed by atoms with Gasteiger partial charge in [-0.1, -0.05) is 23.4 Å². The molecule has 5 heteroatoms. The zero-order valence-corrected chi connectivity index (χ0v) is 10.1. The number of halogens is 1. The maximum absolute atomic E-state index is 11.8. The molecule has 1 aromatic rings. The Balaban J connectivity index is 2.02. The molecule has 0 atom stereocenters. The van der Waals surface area contributed by atoms with Crippen molar-refractivity contribution >= 4 is 34.4 Å². The molecular formula is C11H10ClNO2S. The Labute approximate surface area is 103 Å². The minimum atomic E-state index is -0.0486. The van der Waals surface area contributed by atoms with Gasteiger partial charge in [0.1, 0.15) is 0 Å². The van der Waals surface area contributed by atoms with E-state index in [9.17, 15) is 9.59 Å². The van der Waals surface area contributed by atoms with E-state index >= 15 is 0 Å². The van der Waals surface area contributed by atoms with Gasteiger partial charge in [0.25, 0.3) is 5.24 Å². The first kappa shape index (κ1) is 11.5. The molecule has 1 aromatic carbocycles. The van der Waals surface area contributed by atoms with Crippen LogP contribution in [0.25, 0.3) is 0 Å². The van der Waals surface area contributed by atoms with Crippen molar-refractivity contribution in [3.63, 3.8) is 0 Å². The number of rotatable bonds is 3. The molecule has 2 rings (SSSR count). The second-order valence-corrected chi connectivity index (χ2v) is 4.95. The fourth-order valence-electron chi connectivity index (χ4n) is 1.47. The molecule has 0 spiro atoms. The molecule has 0 aromatic heterocycles. The molecule has 84 valence electrons. The van der Waals surface area contributed by atoms with Crippen LogP contribution in [0.15, 0.2) is 24.3 Å². The van der Waals surface area contributed by atoms with Crippen LogP contribution >= 0.6 is 23.4 Å². The number of amides is 1. The first-order chi connectivity index (χ1) is 7.66. The first-order valence-corrected chi connectivity index (χ1v) is 6.23. The van der Waals surface area contributed by atoms with Gasteiger partial charge >= 0.3 is 0 Å². The molecule has 0 radical (unpaired) electrons. The number of Topliss-reactive ketones (excluding diaryl/α,β-unsaturated/α-hetero) is 1. The van der Waals surface area contributed by atoms with Crippen molar-refractivity contribution in [2.24, 2.45) is 0 Å². The monoisotopic (exact) mass is 255 g/mol. The Bertz CT molecular complexity index is 418. The summed E-state index contributed by atoms with van der Waals surface area (Å²) < 4.78 is 0. The Morgan fingerprint density at radius 3 is 2.62 bits per heavy atom. The van der Waals surface area contributed by atoms with E-state index in [0.29, 0.717) is 17.1 Å². The van der Waals surface area contributed by atoms with Crippen LogP contribution in [0, 0.1) is 0 Å². The van der Waals surface area contributed by atoms with Crippen molar-refractivity contribution in [3.05, 3.63) is 34.9 Å². The average Bonchev–Trinajstić information content (AvgIpc) is 2.65. The minimum Gasteiger partial charge on any atom is -0.325 e. The summed E-state index contributed by atoms with van der Waals surface area (Å²) in [5.74, 6) is 0.722. The van der Waals surface area contributed by atoms with Crippen LogP contribution in [0.3, 0.4) is 0 Å². The van der Waals surface area contributed by atoms with E-state index in [-0.39, 0.29) is 17.6 Å². The highest BCUT2D eigenvalue weighted by molar-refractivity contribution is 8.13. The summed E-state index contributed by atoms with van der Waals surface area (Å²) >= 11 is 6.99. The topological polar surface area (TPSA) is 37.4 Å². The third kappa shape index (κ3) is 2.57. The van der Waals surface area contributed by atoms with Crippen molar-refractivity contribution < 1.29 is 9.59 Å². The molecule has 1 saturated heterocycles. The Kier molecular flexibility index (Phi) is 3.51. The van der Waals surface area contributed by atoms with Gasteiger partial charge < -0.3 is 4.90 Å². The summed E-state index contributed by atoms with van der Waals surface area (Å²) in [7, 11) is 0. The lowest BCUT2D eigenvalue weighted by atomic mass is 10.1. The number of hydrogen-bond acceptors (Lipinski definition) is 3. The summed E-state index contributed by atoms with van der Waals surface area (Å²) in [6, 6.07) is 6.71. The summed E-state index contributed by atoms with van der Waals surface area (Å²) in [6.07, 6.45) is 0. The highest BCUT2D eigenvalue weighted by Crippen LogP contribution is 2.18.